The van der Waals surface area contributed by atoms with Gasteiger partial charge in [0.25, 0.3) is 5.91 Å². The number of methoxy groups -OCH3 is 1. The number of amides is 1. The van der Waals surface area contributed by atoms with Crippen LogP contribution in [0.2, 0.25) is 0 Å². The second-order valence-corrected chi connectivity index (χ2v) is 7.43. The van der Waals surface area contributed by atoms with Crippen LogP contribution in [0.1, 0.15) is 49.2 Å². The third-order valence-corrected chi connectivity index (χ3v) is 5.03. The van der Waals surface area contributed by atoms with Crippen molar-refractivity contribution < 1.29 is 9.53 Å². The van der Waals surface area contributed by atoms with Crippen LogP contribution < -0.4 is 15.1 Å². The lowest BCUT2D eigenvalue weighted by Crippen LogP contribution is -2.44. The Kier molecular flexibility index (Phi) is 5.54. The van der Waals surface area contributed by atoms with E-state index in [1.807, 2.05) is 6.07 Å². The van der Waals surface area contributed by atoms with Crippen LogP contribution in [0, 0.1) is 0 Å². The van der Waals surface area contributed by atoms with Crippen LogP contribution in [0.5, 0.6) is 5.75 Å². The molecule has 0 spiro atoms. The maximum atomic E-state index is 12.2. The Bertz CT molecular complexity index is 945. The van der Waals surface area contributed by atoms with E-state index in [1.54, 1.807) is 37.6 Å². The normalized spacial score (nSPS) is 15.2. The predicted octanol–water partition coefficient (Wildman–Crippen LogP) is 4.48. The van der Waals surface area contributed by atoms with Crippen molar-refractivity contribution in [3.05, 3.63) is 65.2 Å². The zero-order valence-electron chi connectivity index (χ0n) is 17.1. The van der Waals surface area contributed by atoms with Crippen LogP contribution in [0.3, 0.4) is 0 Å². The number of fused-ring (bicyclic) bond motifs is 1. The molecule has 0 radical (unpaired) electrons. The summed E-state index contributed by atoms with van der Waals surface area (Å²) in [6.45, 7) is 9.70. The molecule has 1 aliphatic heterocycles. The maximum Gasteiger partial charge on any atom is 0.271 e. The van der Waals surface area contributed by atoms with Crippen molar-refractivity contribution in [1.82, 2.24) is 5.43 Å². The third kappa shape index (κ3) is 3.93. The highest BCUT2D eigenvalue weighted by atomic mass is 16.5. The van der Waals surface area contributed by atoms with Gasteiger partial charge < -0.3 is 9.64 Å². The highest BCUT2D eigenvalue weighted by molar-refractivity contribution is 5.95. The SMILES string of the molecule is CCN1c2ccc(/C=N/NC(=O)c3cccc(OC)c3)cc2C(C)=CC1(C)C. The summed E-state index contributed by atoms with van der Waals surface area (Å²) >= 11 is 0. The summed E-state index contributed by atoms with van der Waals surface area (Å²) in [5.74, 6) is 0.361. The van der Waals surface area contributed by atoms with E-state index in [2.05, 4.69) is 61.3 Å². The lowest BCUT2D eigenvalue weighted by molar-refractivity contribution is 0.0955. The minimum Gasteiger partial charge on any atom is -0.497 e. The summed E-state index contributed by atoms with van der Waals surface area (Å²) in [5.41, 5.74) is 7.68. The molecular formula is C23H27N3O2. The van der Waals surface area contributed by atoms with Gasteiger partial charge in [-0.3, -0.25) is 4.79 Å². The van der Waals surface area contributed by atoms with Gasteiger partial charge in [-0.1, -0.05) is 18.2 Å². The number of nitrogens with one attached hydrogen (secondary N) is 1. The van der Waals surface area contributed by atoms with Gasteiger partial charge in [0.2, 0.25) is 0 Å². The van der Waals surface area contributed by atoms with Gasteiger partial charge in [-0.05, 0) is 69.2 Å². The number of hydrogen-bond donors (Lipinski definition) is 1. The van der Waals surface area contributed by atoms with Gasteiger partial charge in [0.05, 0.1) is 18.9 Å². The van der Waals surface area contributed by atoms with E-state index in [0.717, 1.165) is 12.1 Å². The molecule has 5 nitrogen and oxygen atoms in total. The second-order valence-electron chi connectivity index (χ2n) is 7.43. The van der Waals surface area contributed by atoms with Gasteiger partial charge in [-0.15, -0.1) is 0 Å². The average molecular weight is 377 g/mol. The predicted molar refractivity (Wildman–Crippen MR) is 115 cm³/mol. The summed E-state index contributed by atoms with van der Waals surface area (Å²) in [7, 11) is 1.57. The number of rotatable bonds is 5. The molecule has 0 aliphatic carbocycles. The van der Waals surface area contributed by atoms with Crippen molar-refractivity contribution >= 4 is 23.4 Å². The Morgan fingerprint density at radius 2 is 2.04 bits per heavy atom. The number of ether oxygens (including phenoxy) is 1. The Labute approximate surface area is 166 Å². The van der Waals surface area contributed by atoms with E-state index in [1.165, 1.54) is 16.8 Å². The van der Waals surface area contributed by atoms with Crippen LogP contribution in [-0.2, 0) is 0 Å². The highest BCUT2D eigenvalue weighted by Crippen LogP contribution is 2.38. The van der Waals surface area contributed by atoms with E-state index < -0.39 is 0 Å². The number of anilines is 1. The van der Waals surface area contributed by atoms with Gasteiger partial charge >= 0.3 is 0 Å². The molecule has 3 rings (SSSR count). The molecule has 0 aromatic heterocycles. The van der Waals surface area contributed by atoms with E-state index in [4.69, 9.17) is 4.74 Å². The highest BCUT2D eigenvalue weighted by Gasteiger charge is 2.29. The fourth-order valence-electron chi connectivity index (χ4n) is 3.75. The summed E-state index contributed by atoms with van der Waals surface area (Å²) < 4.78 is 5.15. The summed E-state index contributed by atoms with van der Waals surface area (Å²) in [6.07, 6.45) is 3.96. The largest absolute Gasteiger partial charge is 0.497 e. The molecular weight excluding hydrogens is 350 g/mol. The van der Waals surface area contributed by atoms with E-state index in [9.17, 15) is 4.79 Å². The van der Waals surface area contributed by atoms with Gasteiger partial charge in [0.15, 0.2) is 0 Å². The number of likely N-dealkylation sites (N-methyl/N-ethyl adjacent to an activating group) is 1. The van der Waals surface area contributed by atoms with Crippen molar-refractivity contribution in [2.45, 2.75) is 33.2 Å². The summed E-state index contributed by atoms with van der Waals surface area (Å²) in [5, 5.41) is 4.12. The lowest BCUT2D eigenvalue weighted by Gasteiger charge is -2.42. The van der Waals surface area contributed by atoms with Crippen LogP contribution in [0.25, 0.3) is 5.57 Å². The first-order valence-electron chi connectivity index (χ1n) is 9.44. The van der Waals surface area contributed by atoms with Crippen LogP contribution in [0.4, 0.5) is 5.69 Å². The first-order valence-corrected chi connectivity index (χ1v) is 9.44. The number of hydrogen-bond acceptors (Lipinski definition) is 4. The number of carbonyl (C=O) groups excluding carboxylic acids is 1. The second kappa shape index (κ2) is 7.89. The van der Waals surface area contributed by atoms with E-state index in [-0.39, 0.29) is 11.4 Å². The number of hydrazone groups is 1. The van der Waals surface area contributed by atoms with Gasteiger partial charge in [0, 0.05) is 23.4 Å². The maximum absolute atomic E-state index is 12.2. The fourth-order valence-corrected chi connectivity index (χ4v) is 3.75. The number of carbonyl (C=O) groups is 1. The monoisotopic (exact) mass is 377 g/mol. The molecule has 2 aromatic carbocycles. The topological polar surface area (TPSA) is 53.9 Å². The van der Waals surface area contributed by atoms with Crippen LogP contribution >= 0.6 is 0 Å². The molecule has 1 amide bonds. The lowest BCUT2D eigenvalue weighted by atomic mass is 9.88. The molecule has 1 aliphatic rings. The van der Waals surface area contributed by atoms with Gasteiger partial charge in [0.1, 0.15) is 5.75 Å². The molecule has 0 saturated carbocycles. The molecule has 1 heterocycles. The molecule has 28 heavy (non-hydrogen) atoms. The van der Waals surface area contributed by atoms with E-state index >= 15 is 0 Å². The number of nitrogens with zero attached hydrogens (tertiary/aromatic N) is 2. The molecule has 0 fully saturated rings. The molecule has 1 N–H and O–H groups in total. The number of allylic oxidation sites excluding steroid dienone is 1. The van der Waals surface area contributed by atoms with Crippen molar-refractivity contribution in [3.8, 4) is 5.75 Å². The smallest absolute Gasteiger partial charge is 0.271 e. The number of benzene rings is 2. The molecule has 0 atom stereocenters. The quantitative estimate of drug-likeness (QED) is 0.617. The molecule has 0 saturated heterocycles. The standard InChI is InChI=1S/C23H27N3O2/c1-6-26-21-11-10-17(12-20(21)16(2)14-23(26,3)4)15-24-25-22(27)18-8-7-9-19(13-18)28-5/h7-15H,6H2,1-5H3,(H,25,27)/b24-15+. The fraction of sp³-hybridized carbons (Fsp3) is 0.304. The Morgan fingerprint density at radius 3 is 2.75 bits per heavy atom. The Hall–Kier alpha value is -3.08. The third-order valence-electron chi connectivity index (χ3n) is 5.03. The van der Waals surface area contributed by atoms with Crippen molar-refractivity contribution in [2.24, 2.45) is 5.10 Å². The molecule has 0 unspecified atom stereocenters. The molecule has 5 heteroatoms. The zero-order chi connectivity index (χ0) is 20.3. The molecule has 146 valence electrons. The summed E-state index contributed by atoms with van der Waals surface area (Å²) in [4.78, 5) is 14.6. The Morgan fingerprint density at radius 1 is 1.25 bits per heavy atom. The van der Waals surface area contributed by atoms with Gasteiger partial charge in [-0.2, -0.15) is 5.10 Å². The summed E-state index contributed by atoms with van der Waals surface area (Å²) in [6, 6.07) is 13.2. The first kappa shape index (κ1) is 19.7. The van der Waals surface area contributed by atoms with Crippen molar-refractivity contribution in [1.29, 1.82) is 0 Å². The molecule has 2 aromatic rings. The van der Waals surface area contributed by atoms with Crippen LogP contribution in [-0.4, -0.2) is 31.3 Å². The van der Waals surface area contributed by atoms with Gasteiger partial charge in [-0.25, -0.2) is 5.43 Å². The minimum absolute atomic E-state index is 0.00778. The van der Waals surface area contributed by atoms with Crippen molar-refractivity contribution in [3.63, 3.8) is 0 Å². The van der Waals surface area contributed by atoms with E-state index in [0.29, 0.717) is 11.3 Å². The first-order chi connectivity index (χ1) is 13.4. The molecule has 0 bridgehead atoms. The van der Waals surface area contributed by atoms with Crippen LogP contribution in [0.15, 0.2) is 53.6 Å². The minimum atomic E-state index is -0.275. The zero-order valence-corrected chi connectivity index (χ0v) is 17.1. The average Bonchev–Trinajstić information content (AvgIpc) is 2.68. The Balaban J connectivity index is 1.77. The van der Waals surface area contributed by atoms with Crippen molar-refractivity contribution in [2.75, 3.05) is 18.6 Å².